The largest absolute Gasteiger partial charge is 0.436 e. The summed E-state index contributed by atoms with van der Waals surface area (Å²) in [5.74, 6) is 0.148. The monoisotopic (exact) mass is 623 g/mol. The molecule has 33 heavy (non-hydrogen) atoms. The highest BCUT2D eigenvalue weighted by molar-refractivity contribution is 14.1. The van der Waals surface area contributed by atoms with E-state index in [4.69, 9.17) is 39.8 Å². The molecule has 1 amide bonds. The number of anilines is 1. The Morgan fingerprint density at radius 1 is 1.09 bits per heavy atom. The number of benzene rings is 3. The van der Waals surface area contributed by atoms with Crippen LogP contribution in [0.1, 0.15) is 9.67 Å². The van der Waals surface area contributed by atoms with Gasteiger partial charge in [0.25, 0.3) is 5.91 Å². The Kier molecular flexibility index (Phi) is 6.28. The minimum atomic E-state index is -0.390. The van der Waals surface area contributed by atoms with Gasteiger partial charge >= 0.3 is 0 Å². The SMILES string of the molecule is O=C(NC(=S)Nc1ccc2oc(-c3cccc(I)c3)nc2c1)c1sc2cc(Cl)ccc2c1Cl. The summed E-state index contributed by atoms with van der Waals surface area (Å²) in [5, 5.41) is 7.56. The molecule has 0 aliphatic carbocycles. The lowest BCUT2D eigenvalue weighted by atomic mass is 10.2. The molecule has 2 heterocycles. The van der Waals surface area contributed by atoms with E-state index < -0.39 is 5.91 Å². The minimum Gasteiger partial charge on any atom is -0.436 e. The fourth-order valence-corrected chi connectivity index (χ4v) is 5.70. The van der Waals surface area contributed by atoms with Gasteiger partial charge in [0, 0.05) is 29.9 Å². The maximum atomic E-state index is 12.7. The zero-order valence-electron chi connectivity index (χ0n) is 16.5. The van der Waals surface area contributed by atoms with Crippen molar-refractivity contribution in [2.75, 3.05) is 5.32 Å². The maximum absolute atomic E-state index is 12.7. The van der Waals surface area contributed by atoms with Crippen LogP contribution in [-0.2, 0) is 0 Å². The van der Waals surface area contributed by atoms with Crippen LogP contribution < -0.4 is 10.6 Å². The molecule has 2 aromatic heterocycles. The number of halogens is 3. The van der Waals surface area contributed by atoms with Gasteiger partial charge in [-0.25, -0.2) is 4.98 Å². The van der Waals surface area contributed by atoms with Crippen molar-refractivity contribution in [2.24, 2.45) is 0 Å². The number of carbonyl (C=O) groups excluding carboxylic acids is 1. The molecule has 0 radical (unpaired) electrons. The molecule has 0 fully saturated rings. The van der Waals surface area contributed by atoms with E-state index >= 15 is 0 Å². The van der Waals surface area contributed by atoms with Crippen LogP contribution in [-0.4, -0.2) is 16.0 Å². The van der Waals surface area contributed by atoms with Gasteiger partial charge in [-0.3, -0.25) is 10.1 Å². The molecule has 5 aromatic rings. The molecule has 0 saturated carbocycles. The number of aromatic nitrogens is 1. The van der Waals surface area contributed by atoms with Crippen LogP contribution in [0.4, 0.5) is 5.69 Å². The summed E-state index contributed by atoms with van der Waals surface area (Å²) in [6.07, 6.45) is 0. The molecule has 5 rings (SSSR count). The van der Waals surface area contributed by atoms with Crippen LogP contribution in [0.15, 0.2) is 65.1 Å². The van der Waals surface area contributed by atoms with Gasteiger partial charge in [-0.05, 0) is 83.3 Å². The number of nitrogens with one attached hydrogen (secondary N) is 2. The van der Waals surface area contributed by atoms with Gasteiger partial charge in [-0.15, -0.1) is 11.3 Å². The lowest BCUT2D eigenvalue weighted by molar-refractivity contribution is 0.0982. The van der Waals surface area contributed by atoms with Crippen LogP contribution in [0, 0.1) is 3.57 Å². The quantitative estimate of drug-likeness (QED) is 0.159. The number of amides is 1. The molecule has 0 spiro atoms. The van der Waals surface area contributed by atoms with Crippen molar-refractivity contribution in [3.8, 4) is 11.5 Å². The van der Waals surface area contributed by atoms with Crippen molar-refractivity contribution >= 4 is 107 Å². The number of oxazole rings is 1. The van der Waals surface area contributed by atoms with Gasteiger partial charge in [0.1, 0.15) is 10.4 Å². The molecular formula is C23H12Cl2IN3O2S2. The van der Waals surface area contributed by atoms with Gasteiger partial charge in [-0.1, -0.05) is 35.3 Å². The molecule has 0 aliphatic rings. The summed E-state index contributed by atoms with van der Waals surface area (Å²) < 4.78 is 7.80. The Hall–Kier alpha value is -2.24. The number of carbonyl (C=O) groups is 1. The molecule has 10 heteroatoms. The third-order valence-corrected chi connectivity index (χ3v) is 7.51. The Balaban J connectivity index is 1.33. The smallest absolute Gasteiger partial charge is 0.269 e. The van der Waals surface area contributed by atoms with Gasteiger partial charge < -0.3 is 9.73 Å². The van der Waals surface area contributed by atoms with E-state index in [9.17, 15) is 4.79 Å². The van der Waals surface area contributed by atoms with E-state index in [2.05, 4.69) is 38.2 Å². The van der Waals surface area contributed by atoms with Crippen molar-refractivity contribution in [3.63, 3.8) is 0 Å². The Morgan fingerprint density at radius 3 is 2.76 bits per heavy atom. The predicted octanol–water partition coefficient (Wildman–Crippen LogP) is 7.75. The first-order valence-electron chi connectivity index (χ1n) is 9.54. The van der Waals surface area contributed by atoms with Crippen molar-refractivity contribution < 1.29 is 9.21 Å². The molecule has 164 valence electrons. The number of hydrogen-bond acceptors (Lipinski definition) is 5. The van der Waals surface area contributed by atoms with Crippen LogP contribution in [0.2, 0.25) is 10.0 Å². The number of fused-ring (bicyclic) bond motifs is 2. The molecule has 2 N–H and O–H groups in total. The van der Waals surface area contributed by atoms with E-state index in [1.807, 2.05) is 30.3 Å². The summed E-state index contributed by atoms with van der Waals surface area (Å²) >= 11 is 21.3. The van der Waals surface area contributed by atoms with Crippen LogP contribution in [0.25, 0.3) is 32.6 Å². The summed E-state index contributed by atoms with van der Waals surface area (Å²) in [6.45, 7) is 0. The Bertz CT molecular complexity index is 1560. The molecule has 0 unspecified atom stereocenters. The van der Waals surface area contributed by atoms with E-state index in [-0.39, 0.29) is 5.11 Å². The number of rotatable bonds is 3. The second-order valence-electron chi connectivity index (χ2n) is 7.01. The fourth-order valence-electron chi connectivity index (χ4n) is 3.26. The summed E-state index contributed by atoms with van der Waals surface area (Å²) in [7, 11) is 0. The van der Waals surface area contributed by atoms with E-state index in [1.54, 1.807) is 30.3 Å². The first-order valence-corrected chi connectivity index (χ1v) is 12.6. The van der Waals surface area contributed by atoms with Gasteiger partial charge in [0.15, 0.2) is 10.7 Å². The van der Waals surface area contributed by atoms with Crippen LogP contribution >= 0.6 is 69.3 Å². The first-order chi connectivity index (χ1) is 15.9. The van der Waals surface area contributed by atoms with E-state index in [0.29, 0.717) is 37.6 Å². The summed E-state index contributed by atoms with van der Waals surface area (Å²) in [4.78, 5) is 17.7. The number of thiophene rings is 1. The molecule has 0 atom stereocenters. The maximum Gasteiger partial charge on any atom is 0.269 e. The number of hydrogen-bond donors (Lipinski definition) is 2. The average molecular weight is 624 g/mol. The zero-order chi connectivity index (χ0) is 23.1. The van der Waals surface area contributed by atoms with Crippen LogP contribution in [0.5, 0.6) is 0 Å². The lowest BCUT2D eigenvalue weighted by Crippen LogP contribution is -2.33. The highest BCUT2D eigenvalue weighted by Crippen LogP contribution is 2.36. The number of nitrogens with zero attached hydrogens (tertiary/aromatic N) is 1. The van der Waals surface area contributed by atoms with E-state index in [0.717, 1.165) is 19.2 Å². The van der Waals surface area contributed by atoms with E-state index in [1.165, 1.54) is 11.3 Å². The summed E-state index contributed by atoms with van der Waals surface area (Å²) in [6, 6.07) is 18.6. The molecular weight excluding hydrogens is 612 g/mol. The molecule has 0 aliphatic heterocycles. The minimum absolute atomic E-state index is 0.146. The third kappa shape index (κ3) is 4.71. The predicted molar refractivity (Wildman–Crippen MR) is 148 cm³/mol. The zero-order valence-corrected chi connectivity index (χ0v) is 21.8. The third-order valence-electron chi connectivity index (χ3n) is 4.74. The van der Waals surface area contributed by atoms with Crippen molar-refractivity contribution in [3.05, 3.63) is 79.2 Å². The second kappa shape index (κ2) is 9.19. The average Bonchev–Trinajstić information content (AvgIpc) is 3.34. The second-order valence-corrected chi connectivity index (χ2v) is 10.5. The lowest BCUT2D eigenvalue weighted by Gasteiger charge is -2.08. The Morgan fingerprint density at radius 2 is 1.94 bits per heavy atom. The van der Waals surface area contributed by atoms with Gasteiger partial charge in [-0.2, -0.15) is 0 Å². The normalized spacial score (nSPS) is 11.1. The van der Waals surface area contributed by atoms with Crippen molar-refractivity contribution in [1.29, 1.82) is 0 Å². The number of thiocarbonyl (C=S) groups is 1. The first kappa shape index (κ1) is 22.5. The fraction of sp³-hybridized carbons (Fsp3) is 0. The molecule has 5 nitrogen and oxygen atoms in total. The van der Waals surface area contributed by atoms with Crippen LogP contribution in [0.3, 0.4) is 0 Å². The molecule has 3 aromatic carbocycles. The van der Waals surface area contributed by atoms with Crippen molar-refractivity contribution in [2.45, 2.75) is 0 Å². The van der Waals surface area contributed by atoms with Gasteiger partial charge in [0.2, 0.25) is 5.89 Å². The molecule has 0 bridgehead atoms. The van der Waals surface area contributed by atoms with Gasteiger partial charge in [0.05, 0.1) is 5.02 Å². The Labute approximate surface area is 221 Å². The summed E-state index contributed by atoms with van der Waals surface area (Å²) in [5.41, 5.74) is 2.90. The highest BCUT2D eigenvalue weighted by Gasteiger charge is 2.18. The standard InChI is InChI=1S/C23H12Cl2IN3O2S2/c24-12-4-6-15-18(9-12)33-20(19(15)25)21(30)29-23(32)27-14-5-7-17-16(10-14)28-22(31-17)11-2-1-3-13(26)8-11/h1-10H,(H2,27,29,30,32). The highest BCUT2D eigenvalue weighted by atomic mass is 127. The van der Waals surface area contributed by atoms with Crippen molar-refractivity contribution in [1.82, 2.24) is 10.3 Å². The topological polar surface area (TPSA) is 67.2 Å². The molecule has 0 saturated heterocycles.